The van der Waals surface area contributed by atoms with Gasteiger partial charge in [0.2, 0.25) is 0 Å². The summed E-state index contributed by atoms with van der Waals surface area (Å²) in [6.45, 7) is 1.87. The fraction of sp³-hybridized carbons (Fsp3) is 0.400. The average molecular weight is 144 g/mol. The molecule has 0 bridgehead atoms. The van der Waals surface area contributed by atoms with E-state index in [1.54, 1.807) is 7.11 Å². The zero-order chi connectivity index (χ0) is 6.85. The minimum Gasteiger partial charge on any atom is -0.486 e. The van der Waals surface area contributed by atoms with Crippen molar-refractivity contribution in [2.75, 3.05) is 12.8 Å². The van der Waals surface area contributed by atoms with Crippen molar-refractivity contribution in [1.82, 2.24) is 4.98 Å². The third-order valence-electron chi connectivity index (χ3n) is 0.956. The molecule has 0 atom stereocenters. The van der Waals surface area contributed by atoms with Gasteiger partial charge < -0.3 is 10.5 Å². The van der Waals surface area contributed by atoms with Crippen LogP contribution in [0.1, 0.15) is 5.69 Å². The highest BCUT2D eigenvalue weighted by Crippen LogP contribution is 2.26. The number of nitrogens with two attached hydrogens (primary N) is 1. The second kappa shape index (κ2) is 2.23. The van der Waals surface area contributed by atoms with Crippen molar-refractivity contribution in [2.24, 2.45) is 0 Å². The molecule has 3 nitrogen and oxygen atoms in total. The van der Waals surface area contributed by atoms with Crippen LogP contribution in [-0.2, 0) is 0 Å². The van der Waals surface area contributed by atoms with Gasteiger partial charge in [0.25, 0.3) is 0 Å². The van der Waals surface area contributed by atoms with Crippen LogP contribution in [0.15, 0.2) is 0 Å². The Morgan fingerprint density at radius 1 is 1.67 bits per heavy atom. The zero-order valence-electron chi connectivity index (χ0n) is 5.34. The summed E-state index contributed by atoms with van der Waals surface area (Å²) < 4.78 is 4.94. The van der Waals surface area contributed by atoms with E-state index in [1.807, 2.05) is 6.92 Å². The Kier molecular flexibility index (Phi) is 1.57. The molecule has 0 amide bonds. The van der Waals surface area contributed by atoms with E-state index in [-0.39, 0.29) is 0 Å². The largest absolute Gasteiger partial charge is 0.486 e. The lowest BCUT2D eigenvalue weighted by atomic mass is 10.6. The van der Waals surface area contributed by atoms with Gasteiger partial charge >= 0.3 is 0 Å². The van der Waals surface area contributed by atoms with E-state index in [1.165, 1.54) is 11.3 Å². The summed E-state index contributed by atoms with van der Waals surface area (Å²) >= 11 is 1.36. The van der Waals surface area contributed by atoms with E-state index in [4.69, 9.17) is 10.5 Å². The average Bonchev–Trinajstić information content (AvgIpc) is 2.10. The summed E-state index contributed by atoms with van der Waals surface area (Å²) in [6, 6.07) is 0. The number of thiazole rings is 1. The highest BCUT2D eigenvalue weighted by molar-refractivity contribution is 7.17. The summed E-state index contributed by atoms with van der Waals surface area (Å²) in [5.41, 5.74) is 6.24. The molecule has 0 unspecified atom stereocenters. The van der Waals surface area contributed by atoms with Gasteiger partial charge in [-0.15, -0.1) is 0 Å². The molecule has 1 heterocycles. The van der Waals surface area contributed by atoms with Crippen LogP contribution in [0.25, 0.3) is 0 Å². The van der Waals surface area contributed by atoms with E-state index < -0.39 is 0 Å². The van der Waals surface area contributed by atoms with Gasteiger partial charge in [-0.25, -0.2) is 4.98 Å². The van der Waals surface area contributed by atoms with Crippen LogP contribution in [-0.4, -0.2) is 12.1 Å². The summed E-state index contributed by atoms with van der Waals surface area (Å²) in [5, 5.41) is 1.36. The van der Waals surface area contributed by atoms with Crippen molar-refractivity contribution < 1.29 is 4.74 Å². The number of nitrogen functional groups attached to an aromatic ring is 1. The number of aromatic nitrogens is 1. The van der Waals surface area contributed by atoms with Crippen molar-refractivity contribution >= 4 is 16.5 Å². The van der Waals surface area contributed by atoms with Crippen molar-refractivity contribution in [2.45, 2.75) is 6.92 Å². The van der Waals surface area contributed by atoms with E-state index in [0.29, 0.717) is 5.13 Å². The Hall–Kier alpha value is -0.770. The number of hydrogen-bond donors (Lipinski definition) is 1. The van der Waals surface area contributed by atoms with Crippen LogP contribution >= 0.6 is 11.3 Å². The Bertz CT molecular complexity index is 209. The molecular formula is C5H8N2OS. The standard InChI is InChI=1S/C5H8N2OS/c1-3-4(8-2)9-5(6)7-3/h1-2H3,(H2,6,7). The monoisotopic (exact) mass is 144 g/mol. The first-order chi connectivity index (χ1) is 4.24. The van der Waals surface area contributed by atoms with Gasteiger partial charge in [0.05, 0.1) is 12.8 Å². The SMILES string of the molecule is COc1sc(N)nc1C. The maximum absolute atomic E-state index is 5.38. The molecule has 0 saturated heterocycles. The molecule has 0 aliphatic carbocycles. The molecule has 2 N–H and O–H groups in total. The summed E-state index contributed by atoms with van der Waals surface area (Å²) in [7, 11) is 1.61. The third-order valence-corrected chi connectivity index (χ3v) is 1.90. The lowest BCUT2D eigenvalue weighted by Crippen LogP contribution is -1.81. The molecule has 0 saturated carbocycles. The molecule has 0 aliphatic heterocycles. The van der Waals surface area contributed by atoms with Gasteiger partial charge in [-0.05, 0) is 6.92 Å². The van der Waals surface area contributed by atoms with E-state index in [9.17, 15) is 0 Å². The first kappa shape index (κ1) is 6.35. The van der Waals surface area contributed by atoms with Crippen LogP contribution in [0.5, 0.6) is 5.06 Å². The molecule has 1 rings (SSSR count). The van der Waals surface area contributed by atoms with Crippen molar-refractivity contribution in [1.29, 1.82) is 0 Å². The highest BCUT2D eigenvalue weighted by atomic mass is 32.1. The van der Waals surface area contributed by atoms with Crippen LogP contribution < -0.4 is 10.5 Å². The molecule has 0 radical (unpaired) electrons. The Balaban J connectivity index is 3.01. The van der Waals surface area contributed by atoms with Crippen molar-refractivity contribution in [3.8, 4) is 5.06 Å². The predicted molar refractivity (Wildman–Crippen MR) is 37.8 cm³/mol. The number of nitrogens with zero attached hydrogens (tertiary/aromatic N) is 1. The smallest absolute Gasteiger partial charge is 0.198 e. The van der Waals surface area contributed by atoms with E-state index in [0.717, 1.165) is 10.8 Å². The number of anilines is 1. The van der Waals surface area contributed by atoms with E-state index >= 15 is 0 Å². The van der Waals surface area contributed by atoms with Gasteiger partial charge in [-0.1, -0.05) is 11.3 Å². The minimum atomic E-state index is 0.560. The Morgan fingerprint density at radius 2 is 2.33 bits per heavy atom. The van der Waals surface area contributed by atoms with Gasteiger partial charge in [0, 0.05) is 0 Å². The van der Waals surface area contributed by atoms with Crippen LogP contribution in [0, 0.1) is 6.92 Å². The van der Waals surface area contributed by atoms with Crippen molar-refractivity contribution in [3.63, 3.8) is 0 Å². The molecule has 4 heteroatoms. The summed E-state index contributed by atoms with van der Waals surface area (Å²) in [4.78, 5) is 3.95. The van der Waals surface area contributed by atoms with Crippen molar-refractivity contribution in [3.05, 3.63) is 5.69 Å². The lowest BCUT2D eigenvalue weighted by Gasteiger charge is -1.90. The van der Waals surface area contributed by atoms with Gasteiger partial charge in [0.1, 0.15) is 0 Å². The fourth-order valence-corrected chi connectivity index (χ4v) is 1.24. The lowest BCUT2D eigenvalue weighted by molar-refractivity contribution is 0.423. The fourth-order valence-electron chi connectivity index (χ4n) is 0.592. The molecule has 1 aromatic heterocycles. The number of hydrogen-bond acceptors (Lipinski definition) is 4. The van der Waals surface area contributed by atoms with Crippen LogP contribution in [0.2, 0.25) is 0 Å². The molecular weight excluding hydrogens is 136 g/mol. The number of rotatable bonds is 1. The number of aryl methyl sites for hydroxylation is 1. The first-order valence-electron chi connectivity index (χ1n) is 2.51. The molecule has 0 fully saturated rings. The Labute approximate surface area is 57.5 Å². The quantitative estimate of drug-likeness (QED) is 0.640. The van der Waals surface area contributed by atoms with Crippen LogP contribution in [0.3, 0.4) is 0 Å². The zero-order valence-corrected chi connectivity index (χ0v) is 6.16. The molecule has 0 spiro atoms. The van der Waals surface area contributed by atoms with Gasteiger partial charge in [-0.2, -0.15) is 0 Å². The van der Waals surface area contributed by atoms with Gasteiger partial charge in [-0.3, -0.25) is 0 Å². The second-order valence-corrected chi connectivity index (χ2v) is 2.62. The second-order valence-electron chi connectivity index (χ2n) is 1.63. The molecule has 9 heavy (non-hydrogen) atoms. The summed E-state index contributed by atoms with van der Waals surface area (Å²) in [5.74, 6) is 0. The normalized spacial score (nSPS) is 9.56. The Morgan fingerprint density at radius 3 is 2.56 bits per heavy atom. The highest BCUT2D eigenvalue weighted by Gasteiger charge is 2.02. The molecule has 0 aliphatic rings. The van der Waals surface area contributed by atoms with Gasteiger partial charge in [0.15, 0.2) is 10.2 Å². The van der Waals surface area contributed by atoms with Crippen LogP contribution in [0.4, 0.5) is 5.13 Å². The molecule has 0 aromatic carbocycles. The summed E-state index contributed by atoms with van der Waals surface area (Å²) in [6.07, 6.45) is 0. The number of ether oxygens (including phenoxy) is 1. The predicted octanol–water partition coefficient (Wildman–Crippen LogP) is 1.04. The molecule has 1 aromatic rings. The topological polar surface area (TPSA) is 48.1 Å². The maximum atomic E-state index is 5.38. The molecule has 50 valence electrons. The van der Waals surface area contributed by atoms with E-state index in [2.05, 4.69) is 4.98 Å². The first-order valence-corrected chi connectivity index (χ1v) is 3.32. The third kappa shape index (κ3) is 1.13. The maximum Gasteiger partial charge on any atom is 0.198 e. The minimum absolute atomic E-state index is 0.560. The number of methoxy groups -OCH3 is 1.